The van der Waals surface area contributed by atoms with Gasteiger partial charge in [0.15, 0.2) is 0 Å². The summed E-state index contributed by atoms with van der Waals surface area (Å²) >= 11 is 8.56. The molecule has 0 aromatic heterocycles. The van der Waals surface area contributed by atoms with Crippen LogP contribution < -0.4 is 0 Å². The van der Waals surface area contributed by atoms with Gasteiger partial charge in [-0.1, -0.05) is 19.8 Å². The normalized spacial score (nSPS) is 44.8. The molecule has 0 aromatic rings. The monoisotopic (exact) mass is 316 g/mol. The summed E-state index contributed by atoms with van der Waals surface area (Å²) in [5.74, 6) is 0.779. The molecule has 20 heavy (non-hydrogen) atoms. The minimum atomic E-state index is 0.0318. The summed E-state index contributed by atoms with van der Waals surface area (Å²) in [5.41, 5.74) is 0. The molecule has 1 heterocycles. The Labute approximate surface area is 131 Å². The van der Waals surface area contributed by atoms with Crippen LogP contribution in [0.25, 0.3) is 0 Å². The number of rotatable bonds is 3. The molecule has 0 aromatic carbocycles. The number of hydrogen-bond donors (Lipinski definition) is 0. The number of fused-ring (bicyclic) bond motifs is 2. The van der Waals surface area contributed by atoms with Gasteiger partial charge in [-0.15, -0.1) is 11.6 Å². The minimum Gasteiger partial charge on any atom is -0.377 e. The number of carbonyl (C=O) groups excluding carboxylic acids is 1. The fourth-order valence-corrected chi connectivity index (χ4v) is 6.64. The Hall–Kier alpha value is 0.270. The van der Waals surface area contributed by atoms with Gasteiger partial charge in [-0.2, -0.15) is 11.8 Å². The van der Waals surface area contributed by atoms with Crippen molar-refractivity contribution in [3.05, 3.63) is 0 Å². The molecule has 2 aliphatic carbocycles. The van der Waals surface area contributed by atoms with Crippen molar-refractivity contribution in [2.24, 2.45) is 11.8 Å². The van der Waals surface area contributed by atoms with Crippen LogP contribution in [0.4, 0.5) is 0 Å². The predicted molar refractivity (Wildman–Crippen MR) is 84.5 cm³/mol. The van der Waals surface area contributed by atoms with Crippen LogP contribution in [0.3, 0.4) is 0 Å². The van der Waals surface area contributed by atoms with Crippen LogP contribution in [0.5, 0.6) is 0 Å². The number of ketones is 1. The lowest BCUT2D eigenvalue weighted by molar-refractivity contribution is -0.130. The molecule has 3 rings (SSSR count). The summed E-state index contributed by atoms with van der Waals surface area (Å²) in [6, 6.07) is 0. The Bertz CT molecular complexity index is 360. The Balaban J connectivity index is 1.77. The van der Waals surface area contributed by atoms with Crippen LogP contribution in [0.15, 0.2) is 0 Å². The van der Waals surface area contributed by atoms with Gasteiger partial charge in [0, 0.05) is 34.3 Å². The molecule has 0 spiro atoms. The van der Waals surface area contributed by atoms with Crippen LogP contribution in [-0.2, 0) is 9.53 Å². The highest BCUT2D eigenvalue weighted by Gasteiger charge is 2.52. The van der Waals surface area contributed by atoms with E-state index in [9.17, 15) is 4.79 Å². The maximum Gasteiger partial charge on any atom is 0.142 e. The molecular formula is C16H25ClO2S. The van der Waals surface area contributed by atoms with Gasteiger partial charge in [0.1, 0.15) is 5.78 Å². The van der Waals surface area contributed by atoms with E-state index in [1.165, 1.54) is 19.3 Å². The molecule has 1 aliphatic heterocycles. The van der Waals surface area contributed by atoms with Gasteiger partial charge in [-0.3, -0.25) is 4.79 Å². The van der Waals surface area contributed by atoms with Crippen molar-refractivity contribution in [2.45, 2.75) is 73.9 Å². The number of hydrogen-bond acceptors (Lipinski definition) is 3. The SMILES string of the molecule is CCCOC1CCC(Cl)C2C(=O)C3CCCCC3SC12. The first kappa shape index (κ1) is 15.2. The fourth-order valence-electron chi connectivity index (χ4n) is 4.10. The van der Waals surface area contributed by atoms with Crippen LogP contribution in [0, 0.1) is 11.8 Å². The van der Waals surface area contributed by atoms with Gasteiger partial charge in [0.2, 0.25) is 0 Å². The fraction of sp³-hybridized carbons (Fsp3) is 0.938. The van der Waals surface area contributed by atoms with Crippen LogP contribution >= 0.6 is 23.4 Å². The highest BCUT2D eigenvalue weighted by Crippen LogP contribution is 2.50. The third-order valence-corrected chi connectivity index (χ3v) is 7.42. The summed E-state index contributed by atoms with van der Waals surface area (Å²) in [7, 11) is 0. The zero-order valence-electron chi connectivity index (χ0n) is 12.2. The van der Waals surface area contributed by atoms with Crippen molar-refractivity contribution in [1.29, 1.82) is 0 Å². The van der Waals surface area contributed by atoms with Gasteiger partial charge < -0.3 is 4.74 Å². The second kappa shape index (κ2) is 6.58. The molecule has 1 saturated heterocycles. The summed E-state index contributed by atoms with van der Waals surface area (Å²) in [6.45, 7) is 2.95. The van der Waals surface area contributed by atoms with E-state index in [0.29, 0.717) is 16.3 Å². The first-order valence-corrected chi connectivity index (χ1v) is 9.55. The van der Waals surface area contributed by atoms with Crippen molar-refractivity contribution in [3.63, 3.8) is 0 Å². The molecular weight excluding hydrogens is 292 g/mol. The van der Waals surface area contributed by atoms with E-state index < -0.39 is 0 Å². The van der Waals surface area contributed by atoms with E-state index in [-0.39, 0.29) is 23.3 Å². The van der Waals surface area contributed by atoms with Gasteiger partial charge in [-0.25, -0.2) is 0 Å². The smallest absolute Gasteiger partial charge is 0.142 e. The lowest BCUT2D eigenvalue weighted by Gasteiger charge is -2.48. The van der Waals surface area contributed by atoms with Gasteiger partial charge >= 0.3 is 0 Å². The maximum absolute atomic E-state index is 12.9. The molecule has 0 N–H and O–H groups in total. The largest absolute Gasteiger partial charge is 0.377 e. The molecule has 114 valence electrons. The molecule has 3 aliphatic rings. The average molecular weight is 317 g/mol. The van der Waals surface area contributed by atoms with Crippen molar-refractivity contribution in [1.82, 2.24) is 0 Å². The number of thioether (sulfide) groups is 1. The minimum absolute atomic E-state index is 0.0318. The second-order valence-electron chi connectivity index (χ2n) is 6.46. The van der Waals surface area contributed by atoms with Crippen LogP contribution in [0.1, 0.15) is 51.9 Å². The molecule has 0 radical (unpaired) electrons. The first-order chi connectivity index (χ1) is 9.72. The number of carbonyl (C=O) groups is 1. The standard InChI is InChI=1S/C16H25ClO2S/c1-2-9-19-12-8-7-11(17)14-15(18)10-5-3-4-6-13(10)20-16(12)14/h10-14,16H,2-9H2,1H3. The summed E-state index contributed by atoms with van der Waals surface area (Å²) in [4.78, 5) is 12.9. The summed E-state index contributed by atoms with van der Waals surface area (Å²) in [6.07, 6.45) is 8.03. The Morgan fingerprint density at radius 1 is 1.25 bits per heavy atom. The van der Waals surface area contributed by atoms with Gasteiger partial charge in [0.25, 0.3) is 0 Å². The number of Topliss-reactive ketones (excluding diaryl/α,β-unsaturated/α-hetero) is 1. The molecule has 0 amide bonds. The topological polar surface area (TPSA) is 26.3 Å². The van der Waals surface area contributed by atoms with Gasteiger partial charge in [-0.05, 0) is 32.1 Å². The third kappa shape index (κ3) is 2.78. The van der Waals surface area contributed by atoms with Crippen LogP contribution in [-0.4, -0.2) is 34.4 Å². The molecule has 3 fully saturated rings. The van der Waals surface area contributed by atoms with Crippen molar-refractivity contribution >= 4 is 29.1 Å². The van der Waals surface area contributed by atoms with Crippen molar-refractivity contribution in [3.8, 4) is 0 Å². The average Bonchev–Trinajstić information content (AvgIpc) is 2.47. The Morgan fingerprint density at radius 3 is 2.85 bits per heavy atom. The molecule has 2 saturated carbocycles. The lowest BCUT2D eigenvalue weighted by atomic mass is 9.74. The van der Waals surface area contributed by atoms with E-state index in [0.717, 1.165) is 32.3 Å². The Morgan fingerprint density at radius 2 is 2.05 bits per heavy atom. The highest BCUT2D eigenvalue weighted by atomic mass is 35.5. The predicted octanol–water partition coefficient (Wildman–Crippen LogP) is 4.04. The van der Waals surface area contributed by atoms with E-state index in [1.807, 2.05) is 11.8 Å². The number of halogens is 1. The van der Waals surface area contributed by atoms with Crippen molar-refractivity contribution in [2.75, 3.05) is 6.61 Å². The number of ether oxygens (including phenoxy) is 1. The zero-order chi connectivity index (χ0) is 14.1. The quantitative estimate of drug-likeness (QED) is 0.735. The summed E-state index contributed by atoms with van der Waals surface area (Å²) in [5, 5.41) is 0.876. The van der Waals surface area contributed by atoms with E-state index >= 15 is 0 Å². The molecule has 6 atom stereocenters. The molecule has 0 bridgehead atoms. The highest BCUT2D eigenvalue weighted by molar-refractivity contribution is 8.00. The lowest BCUT2D eigenvalue weighted by Crippen LogP contribution is -2.54. The van der Waals surface area contributed by atoms with E-state index in [4.69, 9.17) is 16.3 Å². The second-order valence-corrected chi connectivity index (χ2v) is 8.44. The summed E-state index contributed by atoms with van der Waals surface area (Å²) < 4.78 is 6.05. The molecule has 2 nitrogen and oxygen atoms in total. The number of alkyl halides is 1. The Kier molecular flexibility index (Phi) is 4.99. The first-order valence-electron chi connectivity index (χ1n) is 8.17. The zero-order valence-corrected chi connectivity index (χ0v) is 13.8. The molecule has 4 heteroatoms. The molecule has 6 unspecified atom stereocenters. The van der Waals surface area contributed by atoms with Crippen LogP contribution in [0.2, 0.25) is 0 Å². The third-order valence-electron chi connectivity index (χ3n) is 5.10. The van der Waals surface area contributed by atoms with E-state index in [1.54, 1.807) is 0 Å². The van der Waals surface area contributed by atoms with Gasteiger partial charge in [0.05, 0.1) is 6.10 Å². The maximum atomic E-state index is 12.9. The van der Waals surface area contributed by atoms with E-state index in [2.05, 4.69) is 6.92 Å². The van der Waals surface area contributed by atoms with Crippen molar-refractivity contribution < 1.29 is 9.53 Å².